The Morgan fingerprint density at radius 3 is 2.59 bits per heavy atom. The van der Waals surface area contributed by atoms with E-state index in [4.69, 9.17) is 4.74 Å². The lowest BCUT2D eigenvalue weighted by Crippen LogP contribution is -2.33. The molecule has 0 saturated heterocycles. The molecule has 1 N–H and O–H groups in total. The monoisotopic (exact) mass is 264 g/mol. The van der Waals surface area contributed by atoms with E-state index in [1.807, 2.05) is 6.92 Å². The zero-order valence-corrected chi connectivity index (χ0v) is 11.6. The second-order valence-corrected chi connectivity index (χ2v) is 7.34. The van der Waals surface area contributed by atoms with Crippen LogP contribution < -0.4 is 0 Å². The summed E-state index contributed by atoms with van der Waals surface area (Å²) in [5, 5.41) is 9.76. The van der Waals surface area contributed by atoms with Crippen LogP contribution in [0.3, 0.4) is 0 Å². The predicted molar refractivity (Wildman–Crippen MR) is 67.7 cm³/mol. The zero-order valence-electron chi connectivity index (χ0n) is 10.8. The van der Waals surface area contributed by atoms with Gasteiger partial charge >= 0.3 is 0 Å². The molecule has 0 amide bonds. The minimum absolute atomic E-state index is 0.177. The summed E-state index contributed by atoms with van der Waals surface area (Å²) in [5.74, 6) is 0.732. The van der Waals surface area contributed by atoms with Gasteiger partial charge in [0, 0.05) is 18.6 Å². The summed E-state index contributed by atoms with van der Waals surface area (Å²) in [6, 6.07) is 0. The molecule has 1 unspecified atom stereocenters. The van der Waals surface area contributed by atoms with E-state index in [1.54, 1.807) is 0 Å². The highest BCUT2D eigenvalue weighted by atomic mass is 32.2. The van der Waals surface area contributed by atoms with Crippen molar-refractivity contribution in [3.63, 3.8) is 0 Å². The summed E-state index contributed by atoms with van der Waals surface area (Å²) in [4.78, 5) is 0. The highest BCUT2D eigenvalue weighted by Gasteiger charge is 2.30. The summed E-state index contributed by atoms with van der Waals surface area (Å²) in [5.41, 5.74) is 0. The molecule has 0 aromatic carbocycles. The molecule has 5 heteroatoms. The van der Waals surface area contributed by atoms with Crippen molar-refractivity contribution in [2.24, 2.45) is 5.92 Å². The molecule has 0 aromatic heterocycles. The highest BCUT2D eigenvalue weighted by Crippen LogP contribution is 2.34. The third-order valence-corrected chi connectivity index (χ3v) is 4.28. The number of aliphatic hydroxyl groups is 1. The molecule has 1 rings (SSSR count). The van der Waals surface area contributed by atoms with Crippen LogP contribution in [0.25, 0.3) is 0 Å². The highest BCUT2D eigenvalue weighted by molar-refractivity contribution is 7.90. The molecule has 0 aliphatic heterocycles. The number of hydrogen-bond donors (Lipinski definition) is 1. The molecule has 1 aliphatic rings. The van der Waals surface area contributed by atoms with Crippen LogP contribution in [-0.4, -0.2) is 44.3 Å². The Kier molecular flexibility index (Phi) is 5.89. The lowest BCUT2D eigenvalue weighted by atomic mass is 9.78. The summed E-state index contributed by atoms with van der Waals surface area (Å²) in [7, 11) is -2.89. The molecule has 4 nitrogen and oxygen atoms in total. The fourth-order valence-electron chi connectivity index (χ4n) is 2.32. The molecule has 1 saturated carbocycles. The van der Waals surface area contributed by atoms with Gasteiger partial charge in [0.15, 0.2) is 0 Å². The molecular formula is C12H24O4S. The molecule has 1 atom stereocenters. The van der Waals surface area contributed by atoms with E-state index in [9.17, 15) is 13.5 Å². The fourth-order valence-corrected chi connectivity index (χ4v) is 3.01. The van der Waals surface area contributed by atoms with Crippen molar-refractivity contribution in [1.82, 2.24) is 0 Å². The molecule has 17 heavy (non-hydrogen) atoms. The van der Waals surface area contributed by atoms with Crippen molar-refractivity contribution < 1.29 is 18.3 Å². The van der Waals surface area contributed by atoms with Crippen molar-refractivity contribution in [2.45, 2.75) is 51.2 Å². The third-order valence-electron chi connectivity index (χ3n) is 3.25. The second-order valence-electron chi connectivity index (χ2n) is 5.08. The van der Waals surface area contributed by atoms with E-state index in [1.165, 1.54) is 6.26 Å². The van der Waals surface area contributed by atoms with Gasteiger partial charge in [-0.15, -0.1) is 0 Å². The van der Waals surface area contributed by atoms with E-state index < -0.39 is 9.84 Å². The van der Waals surface area contributed by atoms with Crippen LogP contribution in [0.2, 0.25) is 0 Å². The zero-order chi connectivity index (χ0) is 12.9. The molecule has 1 aliphatic carbocycles. The lowest BCUT2D eigenvalue weighted by molar-refractivity contribution is -0.0383. The van der Waals surface area contributed by atoms with E-state index in [-0.39, 0.29) is 11.9 Å². The molecule has 0 radical (unpaired) electrons. The van der Waals surface area contributed by atoms with Crippen LogP contribution in [0.1, 0.15) is 39.0 Å². The van der Waals surface area contributed by atoms with Gasteiger partial charge in [0.05, 0.1) is 12.2 Å². The van der Waals surface area contributed by atoms with Crippen molar-refractivity contribution >= 4 is 9.84 Å². The van der Waals surface area contributed by atoms with Crippen LogP contribution in [-0.2, 0) is 14.6 Å². The van der Waals surface area contributed by atoms with Gasteiger partial charge < -0.3 is 9.84 Å². The van der Waals surface area contributed by atoms with Gasteiger partial charge in [0.2, 0.25) is 0 Å². The van der Waals surface area contributed by atoms with E-state index in [0.29, 0.717) is 24.9 Å². The molecule has 0 heterocycles. The van der Waals surface area contributed by atoms with E-state index >= 15 is 0 Å². The van der Waals surface area contributed by atoms with Gasteiger partial charge in [-0.1, -0.05) is 0 Å². The average molecular weight is 264 g/mol. The molecular weight excluding hydrogens is 240 g/mol. The molecule has 0 bridgehead atoms. The van der Waals surface area contributed by atoms with Crippen molar-refractivity contribution in [1.29, 1.82) is 0 Å². The maximum absolute atomic E-state index is 10.9. The van der Waals surface area contributed by atoms with Gasteiger partial charge in [0.1, 0.15) is 9.84 Å². The van der Waals surface area contributed by atoms with Crippen LogP contribution in [0.15, 0.2) is 0 Å². The normalized spacial score (nSPS) is 26.5. The van der Waals surface area contributed by atoms with Gasteiger partial charge in [-0.3, -0.25) is 0 Å². The summed E-state index contributed by atoms with van der Waals surface area (Å²) < 4.78 is 27.3. The maximum atomic E-state index is 10.9. The largest absolute Gasteiger partial charge is 0.393 e. The van der Waals surface area contributed by atoms with Gasteiger partial charge in [-0.25, -0.2) is 8.42 Å². The predicted octanol–water partition coefficient (Wildman–Crippen LogP) is 1.38. The Hall–Kier alpha value is -0.130. The topological polar surface area (TPSA) is 63.6 Å². The quantitative estimate of drug-likeness (QED) is 0.719. The molecule has 0 spiro atoms. The number of hydrogen-bond acceptors (Lipinski definition) is 4. The minimum Gasteiger partial charge on any atom is -0.393 e. The first-order valence-corrected chi connectivity index (χ1v) is 8.44. The standard InChI is InChI=1S/C12H24O4S/c1-3-16-12-8-10(9-12)7-11(13)5-4-6-17(2,14)15/h10-13H,3-9H2,1-2H3. The summed E-state index contributed by atoms with van der Waals surface area (Å²) >= 11 is 0. The van der Waals surface area contributed by atoms with Gasteiger partial charge in [0.25, 0.3) is 0 Å². The van der Waals surface area contributed by atoms with Crippen LogP contribution in [0, 0.1) is 5.92 Å². The second kappa shape index (κ2) is 6.71. The Labute approximate surface area is 104 Å². The van der Waals surface area contributed by atoms with Gasteiger partial charge in [-0.05, 0) is 44.9 Å². The van der Waals surface area contributed by atoms with Gasteiger partial charge in [-0.2, -0.15) is 0 Å². The van der Waals surface area contributed by atoms with Crippen LogP contribution in [0.4, 0.5) is 0 Å². The van der Waals surface area contributed by atoms with Crippen LogP contribution in [0.5, 0.6) is 0 Å². The first-order chi connectivity index (χ1) is 7.90. The Morgan fingerprint density at radius 2 is 2.06 bits per heavy atom. The van der Waals surface area contributed by atoms with Crippen molar-refractivity contribution in [3.8, 4) is 0 Å². The molecule has 102 valence electrons. The summed E-state index contributed by atoms with van der Waals surface area (Å²) in [6.45, 7) is 2.75. The summed E-state index contributed by atoms with van der Waals surface area (Å²) in [6.07, 6.45) is 5.27. The smallest absolute Gasteiger partial charge is 0.147 e. The number of ether oxygens (including phenoxy) is 1. The Bertz CT molecular complexity index is 306. The van der Waals surface area contributed by atoms with Crippen molar-refractivity contribution in [2.75, 3.05) is 18.6 Å². The number of rotatable bonds is 8. The SMILES string of the molecule is CCOC1CC(CC(O)CCCS(C)(=O)=O)C1. The van der Waals surface area contributed by atoms with E-state index in [0.717, 1.165) is 25.9 Å². The molecule has 0 aromatic rings. The Balaban J connectivity index is 2.05. The third kappa shape index (κ3) is 6.38. The number of aliphatic hydroxyl groups excluding tert-OH is 1. The minimum atomic E-state index is -2.89. The average Bonchev–Trinajstić information content (AvgIpc) is 2.12. The fraction of sp³-hybridized carbons (Fsp3) is 1.00. The molecule has 1 fully saturated rings. The van der Waals surface area contributed by atoms with E-state index in [2.05, 4.69) is 0 Å². The first kappa shape index (κ1) is 14.9. The van der Waals surface area contributed by atoms with Crippen LogP contribution >= 0.6 is 0 Å². The maximum Gasteiger partial charge on any atom is 0.147 e. The van der Waals surface area contributed by atoms with Crippen molar-refractivity contribution in [3.05, 3.63) is 0 Å². The first-order valence-electron chi connectivity index (χ1n) is 6.38. The number of sulfone groups is 1. The lowest BCUT2D eigenvalue weighted by Gasteiger charge is -2.36. The Morgan fingerprint density at radius 1 is 1.41 bits per heavy atom.